The van der Waals surface area contributed by atoms with E-state index in [9.17, 15) is 8.78 Å². The molecule has 0 saturated carbocycles. The van der Waals surface area contributed by atoms with Crippen LogP contribution in [0.1, 0.15) is 35.8 Å². The summed E-state index contributed by atoms with van der Waals surface area (Å²) in [6, 6.07) is 11.8. The van der Waals surface area contributed by atoms with Crippen LogP contribution in [0.5, 0.6) is 0 Å². The van der Waals surface area contributed by atoms with Crippen LogP contribution in [0.2, 0.25) is 5.02 Å². The summed E-state index contributed by atoms with van der Waals surface area (Å²) >= 11 is 12.5. The Balaban J connectivity index is 2.39. The first kappa shape index (κ1) is 15.3. The first-order valence-corrected chi connectivity index (χ1v) is 7.19. The Bertz CT molecular complexity index is 585. The van der Waals surface area contributed by atoms with Crippen molar-refractivity contribution in [2.24, 2.45) is 0 Å². The molecule has 2 aromatic carbocycles. The molecule has 2 atom stereocenters. The Morgan fingerprint density at radius 3 is 2.25 bits per heavy atom. The van der Waals surface area contributed by atoms with E-state index in [0.29, 0.717) is 5.56 Å². The molecular weight excluding hydrogens is 301 g/mol. The van der Waals surface area contributed by atoms with Crippen LogP contribution < -0.4 is 0 Å². The van der Waals surface area contributed by atoms with Gasteiger partial charge in [-0.05, 0) is 29.7 Å². The molecule has 0 radical (unpaired) electrons. The zero-order valence-electron chi connectivity index (χ0n) is 10.9. The minimum absolute atomic E-state index is 0.0137. The second-order valence-corrected chi connectivity index (χ2v) is 5.49. The summed E-state index contributed by atoms with van der Waals surface area (Å²) < 4.78 is 26.5. The van der Waals surface area contributed by atoms with Gasteiger partial charge in [0.25, 0.3) is 0 Å². The number of alkyl halides is 1. The summed E-state index contributed by atoms with van der Waals surface area (Å²) in [6.45, 7) is 2.00. The molecule has 2 unspecified atom stereocenters. The molecule has 0 N–H and O–H groups in total. The second kappa shape index (κ2) is 6.55. The molecule has 0 bridgehead atoms. The standard InChI is InChI=1S/C16H14Cl2F2/c1-2-11(10-6-4-3-5-7-10)16(18)12-8-14(19)15(20)9-13(12)17/h3-9,11,16H,2H2,1H3. The van der Waals surface area contributed by atoms with Gasteiger partial charge >= 0.3 is 0 Å². The highest BCUT2D eigenvalue weighted by molar-refractivity contribution is 6.32. The molecule has 0 aliphatic rings. The molecule has 0 aliphatic carbocycles. The van der Waals surface area contributed by atoms with Crippen LogP contribution >= 0.6 is 23.2 Å². The summed E-state index contributed by atoms with van der Waals surface area (Å²) in [7, 11) is 0. The molecule has 0 saturated heterocycles. The molecule has 20 heavy (non-hydrogen) atoms. The monoisotopic (exact) mass is 314 g/mol. The predicted octanol–water partition coefficient (Wildman–Crippen LogP) is 6.09. The molecule has 2 rings (SSSR count). The smallest absolute Gasteiger partial charge is 0.160 e. The lowest BCUT2D eigenvalue weighted by Gasteiger charge is -2.22. The van der Waals surface area contributed by atoms with Gasteiger partial charge in [-0.15, -0.1) is 11.6 Å². The molecule has 106 valence electrons. The van der Waals surface area contributed by atoms with E-state index in [-0.39, 0.29) is 10.9 Å². The van der Waals surface area contributed by atoms with Crippen molar-refractivity contribution in [3.05, 3.63) is 70.2 Å². The van der Waals surface area contributed by atoms with Gasteiger partial charge in [0.2, 0.25) is 0 Å². The first-order valence-electron chi connectivity index (χ1n) is 6.38. The summed E-state index contributed by atoms with van der Waals surface area (Å²) in [5, 5.41) is -0.358. The Kier molecular flexibility index (Phi) is 5.00. The van der Waals surface area contributed by atoms with E-state index in [1.807, 2.05) is 37.3 Å². The van der Waals surface area contributed by atoms with Crippen LogP contribution in [0, 0.1) is 11.6 Å². The molecule has 4 heteroatoms. The van der Waals surface area contributed by atoms with Gasteiger partial charge in [0.15, 0.2) is 11.6 Å². The van der Waals surface area contributed by atoms with E-state index in [2.05, 4.69) is 0 Å². The van der Waals surface area contributed by atoms with Crippen molar-refractivity contribution in [1.82, 2.24) is 0 Å². The van der Waals surface area contributed by atoms with Crippen molar-refractivity contribution >= 4 is 23.2 Å². The average Bonchev–Trinajstić information content (AvgIpc) is 2.44. The molecule has 0 spiro atoms. The Morgan fingerprint density at radius 1 is 1.05 bits per heavy atom. The number of hydrogen-bond acceptors (Lipinski definition) is 0. The van der Waals surface area contributed by atoms with E-state index < -0.39 is 17.0 Å². The van der Waals surface area contributed by atoms with Crippen molar-refractivity contribution in [3.63, 3.8) is 0 Å². The van der Waals surface area contributed by atoms with Gasteiger partial charge in [-0.3, -0.25) is 0 Å². The van der Waals surface area contributed by atoms with Crippen molar-refractivity contribution < 1.29 is 8.78 Å². The molecule has 2 aromatic rings. The molecule has 0 heterocycles. The highest BCUT2D eigenvalue weighted by atomic mass is 35.5. The second-order valence-electron chi connectivity index (χ2n) is 4.62. The Morgan fingerprint density at radius 2 is 1.65 bits per heavy atom. The fourth-order valence-electron chi connectivity index (χ4n) is 2.28. The van der Waals surface area contributed by atoms with Gasteiger partial charge in [0.05, 0.1) is 5.38 Å². The van der Waals surface area contributed by atoms with Gasteiger partial charge in [-0.1, -0.05) is 48.9 Å². The highest BCUT2D eigenvalue weighted by Crippen LogP contribution is 2.41. The van der Waals surface area contributed by atoms with E-state index >= 15 is 0 Å². The minimum Gasteiger partial charge on any atom is -0.204 e. The maximum absolute atomic E-state index is 13.4. The van der Waals surface area contributed by atoms with Crippen LogP contribution in [0.3, 0.4) is 0 Å². The van der Waals surface area contributed by atoms with E-state index in [0.717, 1.165) is 24.1 Å². The fourth-order valence-corrected chi connectivity index (χ4v) is 3.11. The van der Waals surface area contributed by atoms with Crippen LogP contribution in [0.4, 0.5) is 8.78 Å². The van der Waals surface area contributed by atoms with Gasteiger partial charge in [0, 0.05) is 10.9 Å². The molecular formula is C16H14Cl2F2. The molecule has 0 fully saturated rings. The molecule has 0 nitrogen and oxygen atoms in total. The van der Waals surface area contributed by atoms with Crippen molar-refractivity contribution in [2.45, 2.75) is 24.6 Å². The van der Waals surface area contributed by atoms with Gasteiger partial charge < -0.3 is 0 Å². The largest absolute Gasteiger partial charge is 0.204 e. The summed E-state index contributed by atoms with van der Waals surface area (Å²) in [4.78, 5) is 0. The van der Waals surface area contributed by atoms with Crippen LogP contribution in [-0.2, 0) is 0 Å². The minimum atomic E-state index is -0.963. The maximum atomic E-state index is 13.4. The third-order valence-electron chi connectivity index (χ3n) is 3.36. The van der Waals surface area contributed by atoms with Crippen LogP contribution in [0.25, 0.3) is 0 Å². The normalized spacial score (nSPS) is 14.1. The Hall–Kier alpha value is -1.12. The first-order chi connectivity index (χ1) is 9.54. The number of benzene rings is 2. The van der Waals surface area contributed by atoms with Gasteiger partial charge in [-0.2, -0.15) is 0 Å². The third-order valence-corrected chi connectivity index (χ3v) is 4.22. The lowest BCUT2D eigenvalue weighted by molar-refractivity contribution is 0.505. The van der Waals surface area contributed by atoms with Crippen molar-refractivity contribution in [2.75, 3.05) is 0 Å². The van der Waals surface area contributed by atoms with Crippen molar-refractivity contribution in [1.29, 1.82) is 0 Å². The Labute approximate surface area is 127 Å². The lowest BCUT2D eigenvalue weighted by Crippen LogP contribution is -2.07. The number of rotatable bonds is 4. The lowest BCUT2D eigenvalue weighted by atomic mass is 9.89. The van der Waals surface area contributed by atoms with Gasteiger partial charge in [-0.25, -0.2) is 8.78 Å². The number of halogens is 4. The third kappa shape index (κ3) is 3.13. The molecule has 0 amide bonds. The number of hydrogen-bond donors (Lipinski definition) is 0. The average molecular weight is 315 g/mol. The van der Waals surface area contributed by atoms with Gasteiger partial charge in [0.1, 0.15) is 0 Å². The maximum Gasteiger partial charge on any atom is 0.160 e. The fraction of sp³-hybridized carbons (Fsp3) is 0.250. The van der Waals surface area contributed by atoms with E-state index in [1.165, 1.54) is 0 Å². The van der Waals surface area contributed by atoms with Crippen LogP contribution in [-0.4, -0.2) is 0 Å². The molecule has 0 aliphatic heterocycles. The summed E-state index contributed by atoms with van der Waals surface area (Å²) in [5.41, 5.74) is 1.47. The summed E-state index contributed by atoms with van der Waals surface area (Å²) in [5.74, 6) is -1.91. The summed E-state index contributed by atoms with van der Waals surface area (Å²) in [6.07, 6.45) is 0.771. The zero-order valence-corrected chi connectivity index (χ0v) is 12.4. The van der Waals surface area contributed by atoms with E-state index in [1.54, 1.807) is 0 Å². The predicted molar refractivity (Wildman–Crippen MR) is 79.4 cm³/mol. The SMILES string of the molecule is CCC(c1ccccc1)C(Cl)c1cc(F)c(F)cc1Cl. The van der Waals surface area contributed by atoms with E-state index in [4.69, 9.17) is 23.2 Å². The molecule has 0 aromatic heterocycles. The van der Waals surface area contributed by atoms with Crippen molar-refractivity contribution in [3.8, 4) is 0 Å². The van der Waals surface area contributed by atoms with Crippen LogP contribution in [0.15, 0.2) is 42.5 Å². The quantitative estimate of drug-likeness (QED) is 0.473. The topological polar surface area (TPSA) is 0 Å². The highest BCUT2D eigenvalue weighted by Gasteiger charge is 2.24. The zero-order chi connectivity index (χ0) is 14.7.